The fourth-order valence-corrected chi connectivity index (χ4v) is 2.20. The zero-order chi connectivity index (χ0) is 13.8. The molecule has 2 rings (SSSR count). The minimum absolute atomic E-state index is 0.0107. The van der Waals surface area contributed by atoms with Crippen LogP contribution in [0.2, 0.25) is 0 Å². The maximum atomic E-state index is 11.8. The van der Waals surface area contributed by atoms with Gasteiger partial charge >= 0.3 is 0 Å². The van der Waals surface area contributed by atoms with E-state index >= 15 is 0 Å². The van der Waals surface area contributed by atoms with E-state index < -0.39 is 6.04 Å². The van der Waals surface area contributed by atoms with Crippen LogP contribution in [0.4, 0.5) is 5.69 Å². The largest absolute Gasteiger partial charge is 0.357 e. The van der Waals surface area contributed by atoms with Crippen LogP contribution in [0.1, 0.15) is 23.7 Å². The van der Waals surface area contributed by atoms with Crippen molar-refractivity contribution >= 4 is 17.4 Å². The fourth-order valence-electron chi connectivity index (χ4n) is 2.20. The van der Waals surface area contributed by atoms with Gasteiger partial charge in [-0.3, -0.25) is 9.59 Å². The Balaban J connectivity index is 2.25. The summed E-state index contributed by atoms with van der Waals surface area (Å²) < 4.78 is 0. The van der Waals surface area contributed by atoms with E-state index in [0.717, 1.165) is 5.69 Å². The Morgan fingerprint density at radius 1 is 1.47 bits per heavy atom. The molecule has 1 atom stereocenters. The minimum Gasteiger partial charge on any atom is -0.357 e. The average Bonchev–Trinajstić information content (AvgIpc) is 2.41. The monoisotopic (exact) mass is 257 g/mol. The molecular formula is C14H15N3O2. The molecule has 98 valence electrons. The van der Waals surface area contributed by atoms with E-state index in [-0.39, 0.29) is 18.1 Å². The highest BCUT2D eigenvalue weighted by Gasteiger charge is 2.29. The number of nitrogens with zero attached hydrogens (tertiary/aromatic N) is 2. The average molecular weight is 257 g/mol. The second kappa shape index (κ2) is 5.53. The summed E-state index contributed by atoms with van der Waals surface area (Å²) in [6.45, 7) is 2.74. The molecule has 5 heteroatoms. The van der Waals surface area contributed by atoms with Crippen molar-refractivity contribution in [2.75, 3.05) is 18.0 Å². The lowest BCUT2D eigenvalue weighted by Gasteiger charge is -2.35. The molecule has 19 heavy (non-hydrogen) atoms. The molecule has 1 aliphatic rings. The molecule has 1 amide bonds. The second-order valence-electron chi connectivity index (χ2n) is 4.47. The van der Waals surface area contributed by atoms with Crippen molar-refractivity contribution in [3.63, 3.8) is 0 Å². The van der Waals surface area contributed by atoms with Crippen molar-refractivity contribution in [2.45, 2.75) is 19.4 Å². The molecule has 0 spiro atoms. The third-order valence-electron chi connectivity index (χ3n) is 3.22. The lowest BCUT2D eigenvalue weighted by atomic mass is 10.1. The number of carbonyl (C=O) groups is 2. The first-order valence-electron chi connectivity index (χ1n) is 6.16. The first-order valence-corrected chi connectivity index (χ1v) is 6.16. The van der Waals surface area contributed by atoms with Crippen molar-refractivity contribution in [3.8, 4) is 6.07 Å². The van der Waals surface area contributed by atoms with Gasteiger partial charge in [-0.1, -0.05) is 0 Å². The van der Waals surface area contributed by atoms with Gasteiger partial charge in [0.1, 0.15) is 6.04 Å². The summed E-state index contributed by atoms with van der Waals surface area (Å²) in [6, 6.07) is 8.71. The number of nitrogens with one attached hydrogen (secondary N) is 1. The molecular weight excluding hydrogens is 242 g/mol. The Bertz CT molecular complexity index is 531. The first kappa shape index (κ1) is 13.1. The molecule has 1 aliphatic heterocycles. The molecule has 0 saturated carbocycles. The normalized spacial score (nSPS) is 18.6. The predicted molar refractivity (Wildman–Crippen MR) is 70.8 cm³/mol. The molecule has 1 heterocycles. The second-order valence-corrected chi connectivity index (χ2v) is 4.47. The lowest BCUT2D eigenvalue weighted by molar-refractivity contribution is -0.123. The van der Waals surface area contributed by atoms with Crippen molar-refractivity contribution in [1.29, 1.82) is 5.26 Å². The van der Waals surface area contributed by atoms with Gasteiger partial charge in [0.2, 0.25) is 5.91 Å². The number of carbonyl (C=O) groups excluding carboxylic acids is 2. The van der Waals surface area contributed by atoms with E-state index in [1.54, 1.807) is 12.1 Å². The molecule has 0 radical (unpaired) electrons. The molecule has 1 saturated heterocycles. The van der Waals surface area contributed by atoms with Crippen LogP contribution >= 0.6 is 0 Å². The van der Waals surface area contributed by atoms with Gasteiger partial charge in [-0.05, 0) is 31.2 Å². The quantitative estimate of drug-likeness (QED) is 0.823. The molecule has 1 aromatic carbocycles. The Morgan fingerprint density at radius 3 is 2.74 bits per heavy atom. The Hall–Kier alpha value is -2.35. The number of Topliss-reactive ketones (excluding diaryl/α,β-unsaturated/α-hetero) is 1. The molecule has 0 bridgehead atoms. The van der Waals surface area contributed by atoms with Crippen molar-refractivity contribution in [2.24, 2.45) is 0 Å². The number of nitriles is 1. The van der Waals surface area contributed by atoms with Gasteiger partial charge in [0, 0.05) is 24.3 Å². The van der Waals surface area contributed by atoms with E-state index in [1.165, 1.54) is 6.92 Å². The van der Waals surface area contributed by atoms with Crippen molar-refractivity contribution in [1.82, 2.24) is 5.32 Å². The summed E-state index contributed by atoms with van der Waals surface area (Å²) in [6.07, 6.45) is 0.153. The van der Waals surface area contributed by atoms with E-state index in [2.05, 4.69) is 5.32 Å². The van der Waals surface area contributed by atoms with Gasteiger partial charge in [-0.25, -0.2) is 0 Å². The maximum Gasteiger partial charge on any atom is 0.243 e. The summed E-state index contributed by atoms with van der Waals surface area (Å²) >= 11 is 0. The summed E-state index contributed by atoms with van der Waals surface area (Å²) in [4.78, 5) is 24.9. The highest BCUT2D eigenvalue weighted by Crippen LogP contribution is 2.21. The van der Waals surface area contributed by atoms with Crippen LogP contribution in [0.15, 0.2) is 24.3 Å². The standard InChI is InChI=1S/C14H15N3O2/c1-10(18)11-2-4-12(5-3-11)17-9-8-16-14(19)13(17)6-7-15/h2-5,13H,6,8-9H2,1H3,(H,16,19). The predicted octanol–water partition coefficient (Wildman–Crippen LogP) is 1.11. The zero-order valence-electron chi connectivity index (χ0n) is 10.7. The Labute approximate surface area is 111 Å². The van der Waals surface area contributed by atoms with E-state index in [0.29, 0.717) is 18.7 Å². The number of benzene rings is 1. The van der Waals surface area contributed by atoms with Crippen LogP contribution in [-0.4, -0.2) is 30.8 Å². The summed E-state index contributed by atoms with van der Waals surface area (Å²) in [7, 11) is 0. The number of ketones is 1. The molecule has 1 N–H and O–H groups in total. The first-order chi connectivity index (χ1) is 9.13. The fraction of sp³-hybridized carbons (Fsp3) is 0.357. The zero-order valence-corrected chi connectivity index (χ0v) is 10.7. The van der Waals surface area contributed by atoms with Crippen LogP contribution in [-0.2, 0) is 4.79 Å². The van der Waals surface area contributed by atoms with Gasteiger partial charge in [-0.2, -0.15) is 5.26 Å². The van der Waals surface area contributed by atoms with Crippen molar-refractivity contribution in [3.05, 3.63) is 29.8 Å². The summed E-state index contributed by atoms with van der Waals surface area (Å²) in [5.41, 5.74) is 1.50. The summed E-state index contributed by atoms with van der Waals surface area (Å²) in [5.74, 6) is -0.111. The van der Waals surface area contributed by atoms with Crippen LogP contribution in [0.5, 0.6) is 0 Å². The number of piperazine rings is 1. The molecule has 1 aromatic rings. The van der Waals surface area contributed by atoms with Crippen LogP contribution < -0.4 is 10.2 Å². The van der Waals surface area contributed by atoms with Crippen LogP contribution in [0.3, 0.4) is 0 Å². The maximum absolute atomic E-state index is 11.8. The van der Waals surface area contributed by atoms with Gasteiger partial charge in [0.15, 0.2) is 5.78 Å². The molecule has 5 nitrogen and oxygen atoms in total. The summed E-state index contributed by atoms with van der Waals surface area (Å²) in [5, 5.41) is 11.6. The van der Waals surface area contributed by atoms with Crippen LogP contribution in [0, 0.1) is 11.3 Å². The smallest absolute Gasteiger partial charge is 0.243 e. The minimum atomic E-state index is -0.457. The van der Waals surface area contributed by atoms with Crippen molar-refractivity contribution < 1.29 is 9.59 Å². The Kier molecular flexibility index (Phi) is 3.81. The SMILES string of the molecule is CC(=O)c1ccc(N2CCNC(=O)C2CC#N)cc1. The van der Waals surface area contributed by atoms with E-state index in [4.69, 9.17) is 5.26 Å². The third kappa shape index (κ3) is 2.74. The molecule has 1 fully saturated rings. The molecule has 1 unspecified atom stereocenters. The van der Waals surface area contributed by atoms with Gasteiger partial charge in [0.05, 0.1) is 12.5 Å². The molecule has 0 aromatic heterocycles. The van der Waals surface area contributed by atoms with E-state index in [9.17, 15) is 9.59 Å². The third-order valence-corrected chi connectivity index (χ3v) is 3.22. The number of rotatable bonds is 3. The lowest BCUT2D eigenvalue weighted by Crippen LogP contribution is -2.55. The topological polar surface area (TPSA) is 73.2 Å². The van der Waals surface area contributed by atoms with Gasteiger partial charge < -0.3 is 10.2 Å². The molecule has 0 aliphatic carbocycles. The number of hydrogen-bond donors (Lipinski definition) is 1. The van der Waals surface area contributed by atoms with E-state index in [1.807, 2.05) is 23.1 Å². The number of anilines is 1. The highest BCUT2D eigenvalue weighted by atomic mass is 16.2. The highest BCUT2D eigenvalue weighted by molar-refractivity contribution is 5.94. The van der Waals surface area contributed by atoms with Crippen LogP contribution in [0.25, 0.3) is 0 Å². The number of hydrogen-bond acceptors (Lipinski definition) is 4. The van der Waals surface area contributed by atoms with Gasteiger partial charge in [-0.15, -0.1) is 0 Å². The Morgan fingerprint density at radius 2 is 2.16 bits per heavy atom. The van der Waals surface area contributed by atoms with Gasteiger partial charge in [0.25, 0.3) is 0 Å². The number of amides is 1.